The van der Waals surface area contributed by atoms with Gasteiger partial charge in [-0.2, -0.15) is 10.2 Å². The van der Waals surface area contributed by atoms with E-state index in [0.29, 0.717) is 18.9 Å². The molecule has 316 valence electrons. The number of unbranched alkanes of at least 4 members (excludes halogenated alkanes) is 12. The molecule has 57 heavy (non-hydrogen) atoms. The molecule has 2 heterocycles. The number of halogens is 2. The Morgan fingerprint density at radius 1 is 0.807 bits per heavy atom. The van der Waals surface area contributed by atoms with Crippen LogP contribution in [0.2, 0.25) is 0 Å². The van der Waals surface area contributed by atoms with E-state index >= 15 is 4.39 Å². The predicted octanol–water partition coefficient (Wildman–Crippen LogP) is 8.56. The number of ether oxygens (including phenoxy) is 2. The van der Waals surface area contributed by atoms with Gasteiger partial charge in [0.1, 0.15) is 55.8 Å². The second-order valence-corrected chi connectivity index (χ2v) is 15.5. The maximum absolute atomic E-state index is 15.8. The minimum atomic E-state index is -4.88. The van der Waals surface area contributed by atoms with Crippen molar-refractivity contribution in [1.29, 1.82) is 0 Å². The van der Waals surface area contributed by atoms with Crippen LogP contribution >= 0.6 is 7.82 Å². The third kappa shape index (κ3) is 18.4. The SMILES string of the molecule is [C-]#[N+]CCOP(=O)(OCC(COC(=O)CCCCCCCCC)OC(=O)CCCCCCCCC)OC(Cn1cncn1)(Cn1cncn1)c1ccc(F)cc1F. The van der Waals surface area contributed by atoms with E-state index in [1.54, 1.807) is 0 Å². The molecule has 0 aliphatic heterocycles. The van der Waals surface area contributed by atoms with Crippen molar-refractivity contribution in [2.75, 3.05) is 26.4 Å². The molecule has 1 aromatic carbocycles. The van der Waals surface area contributed by atoms with Crippen LogP contribution in [-0.2, 0) is 55.9 Å². The largest absolute Gasteiger partial charge is 0.476 e. The predicted molar refractivity (Wildman–Crippen MR) is 206 cm³/mol. The number of esters is 2. The average molecular weight is 822 g/mol. The van der Waals surface area contributed by atoms with Crippen LogP contribution in [-0.4, -0.2) is 73.9 Å². The van der Waals surface area contributed by atoms with Crippen molar-refractivity contribution < 1.29 is 46.0 Å². The Balaban J connectivity index is 1.85. The van der Waals surface area contributed by atoms with E-state index in [-0.39, 0.29) is 38.0 Å². The van der Waals surface area contributed by atoms with Crippen molar-refractivity contribution in [2.45, 2.75) is 141 Å². The lowest BCUT2D eigenvalue weighted by atomic mass is 9.93. The highest BCUT2D eigenvalue weighted by Crippen LogP contribution is 2.56. The van der Waals surface area contributed by atoms with Gasteiger partial charge in [-0.05, 0) is 18.9 Å². The number of phosphoric acid groups is 1. The van der Waals surface area contributed by atoms with Gasteiger partial charge in [-0.3, -0.25) is 23.2 Å². The molecule has 0 saturated carbocycles. The molecule has 0 saturated heterocycles. The summed E-state index contributed by atoms with van der Waals surface area (Å²) in [5.74, 6) is -2.98. The number of aromatic nitrogens is 6. The second kappa shape index (κ2) is 26.7. The normalized spacial score (nSPS) is 13.2. The molecule has 0 aliphatic carbocycles. The summed E-state index contributed by atoms with van der Waals surface area (Å²) in [4.78, 5) is 36.9. The molecule has 18 heteroatoms. The van der Waals surface area contributed by atoms with Gasteiger partial charge in [-0.15, -0.1) is 0 Å². The monoisotopic (exact) mass is 821 g/mol. The summed E-state index contributed by atoms with van der Waals surface area (Å²) in [5.41, 5.74) is -2.30. The summed E-state index contributed by atoms with van der Waals surface area (Å²) in [5, 5.41) is 8.23. The molecule has 0 bridgehead atoms. The molecule has 0 radical (unpaired) electrons. The van der Waals surface area contributed by atoms with Crippen molar-refractivity contribution in [3.8, 4) is 0 Å². The van der Waals surface area contributed by atoms with Crippen LogP contribution in [0.3, 0.4) is 0 Å². The van der Waals surface area contributed by atoms with Crippen molar-refractivity contribution in [2.24, 2.45) is 0 Å². The molecule has 3 aromatic rings. The highest BCUT2D eigenvalue weighted by atomic mass is 31.2. The van der Waals surface area contributed by atoms with Crippen LogP contribution in [0.15, 0.2) is 43.5 Å². The third-order valence-electron chi connectivity index (χ3n) is 9.04. The van der Waals surface area contributed by atoms with Gasteiger partial charge >= 0.3 is 19.8 Å². The number of hydrogen-bond donors (Lipinski definition) is 0. The van der Waals surface area contributed by atoms with Crippen LogP contribution in [0.25, 0.3) is 4.85 Å². The van der Waals surface area contributed by atoms with Gasteiger partial charge in [0.25, 0.3) is 0 Å². The smallest absolute Gasteiger partial charge is 0.462 e. The molecular weight excluding hydrogens is 763 g/mol. The summed E-state index contributed by atoms with van der Waals surface area (Å²) in [7, 11) is -4.88. The Hall–Kier alpha value is -4.10. The van der Waals surface area contributed by atoms with Crippen molar-refractivity contribution in [3.05, 3.63) is 72.1 Å². The topological polar surface area (TPSA) is 163 Å². The molecule has 2 atom stereocenters. The molecule has 15 nitrogen and oxygen atoms in total. The molecule has 2 unspecified atom stereocenters. The van der Waals surface area contributed by atoms with Crippen LogP contribution in [0.1, 0.15) is 122 Å². The molecule has 3 rings (SSSR count). The molecule has 0 aliphatic rings. The zero-order chi connectivity index (χ0) is 41.2. The highest BCUT2D eigenvalue weighted by molar-refractivity contribution is 7.48. The van der Waals surface area contributed by atoms with Crippen molar-refractivity contribution in [3.63, 3.8) is 0 Å². The van der Waals surface area contributed by atoms with E-state index in [1.165, 1.54) is 41.1 Å². The fraction of sp³-hybridized carbons (Fsp3) is 0.667. The van der Waals surface area contributed by atoms with E-state index in [4.69, 9.17) is 29.6 Å². The number of rotatable bonds is 32. The fourth-order valence-electron chi connectivity index (χ4n) is 6.09. The zero-order valence-corrected chi connectivity index (χ0v) is 34.2. The van der Waals surface area contributed by atoms with Gasteiger partial charge in [0.15, 0.2) is 6.10 Å². The first-order valence-electron chi connectivity index (χ1n) is 20.0. The van der Waals surface area contributed by atoms with E-state index < -0.39 is 62.9 Å². The van der Waals surface area contributed by atoms with E-state index in [0.717, 1.165) is 82.8 Å². The third-order valence-corrected chi connectivity index (χ3v) is 10.6. The summed E-state index contributed by atoms with van der Waals surface area (Å²) in [6.07, 6.45) is 18.2. The Labute approximate surface area is 334 Å². The first-order valence-corrected chi connectivity index (χ1v) is 21.5. The first-order chi connectivity index (χ1) is 27.6. The minimum Gasteiger partial charge on any atom is -0.462 e. The number of carbonyl (C=O) groups is 2. The molecular formula is C39H58F2N7O8P. The number of phosphoric ester groups is 1. The summed E-state index contributed by atoms with van der Waals surface area (Å²) >= 11 is 0. The van der Waals surface area contributed by atoms with Gasteiger partial charge in [0, 0.05) is 24.5 Å². The molecule has 0 amide bonds. The van der Waals surface area contributed by atoms with Gasteiger partial charge in [0.2, 0.25) is 6.54 Å². The quantitative estimate of drug-likeness (QED) is 0.0256. The lowest BCUT2D eigenvalue weighted by Crippen LogP contribution is -2.40. The fourth-order valence-corrected chi connectivity index (χ4v) is 7.56. The standard InChI is InChI=1S/C39H58F2N7O8P/c1-4-6-8-10-12-14-16-18-37(49)52-25-34(55-38(50)19-17-15-13-11-9-7-5-2)26-54-57(51,53-23-22-42-3)56-39(27-47-31-43-29-45-47,28-48-32-44-30-46-48)35-21-20-33(40)24-36(35)41/h20-21,24,29-32,34H,4-19,22-23,25-28H2,1-2H3. The summed E-state index contributed by atoms with van der Waals surface area (Å²) in [6.45, 7) is 9.11. The second-order valence-electron chi connectivity index (χ2n) is 13.9. The Morgan fingerprint density at radius 2 is 1.37 bits per heavy atom. The van der Waals surface area contributed by atoms with E-state index in [9.17, 15) is 18.5 Å². The summed E-state index contributed by atoms with van der Waals surface area (Å²) < 4.78 is 76.2. The van der Waals surface area contributed by atoms with Crippen LogP contribution in [0.5, 0.6) is 0 Å². The molecule has 0 fully saturated rings. The van der Waals surface area contributed by atoms with E-state index in [1.807, 2.05) is 0 Å². The summed E-state index contributed by atoms with van der Waals surface area (Å²) in [6, 6.07) is 2.77. The van der Waals surface area contributed by atoms with Crippen LogP contribution in [0.4, 0.5) is 8.78 Å². The minimum absolute atomic E-state index is 0.106. The van der Waals surface area contributed by atoms with Gasteiger partial charge in [0.05, 0.1) is 19.7 Å². The number of hydrogen-bond acceptors (Lipinski definition) is 12. The first kappa shape index (κ1) is 47.3. The zero-order valence-electron chi connectivity index (χ0n) is 33.3. The lowest BCUT2D eigenvalue weighted by molar-refractivity contribution is -0.161. The number of nitrogens with zero attached hydrogens (tertiary/aromatic N) is 7. The van der Waals surface area contributed by atoms with Gasteiger partial charge < -0.3 is 14.3 Å². The van der Waals surface area contributed by atoms with Crippen LogP contribution < -0.4 is 0 Å². The van der Waals surface area contributed by atoms with Crippen molar-refractivity contribution in [1.82, 2.24) is 29.5 Å². The Kier molecular flexibility index (Phi) is 22.2. The van der Waals surface area contributed by atoms with Crippen molar-refractivity contribution >= 4 is 19.8 Å². The lowest BCUT2D eigenvalue weighted by Gasteiger charge is -2.36. The van der Waals surface area contributed by atoms with Gasteiger partial charge in [-0.25, -0.2) is 39.2 Å². The van der Waals surface area contributed by atoms with E-state index in [2.05, 4.69) is 38.9 Å². The number of carbonyl (C=O) groups excluding carboxylic acids is 2. The number of benzene rings is 1. The molecule has 0 spiro atoms. The maximum atomic E-state index is 15.8. The highest BCUT2D eigenvalue weighted by Gasteiger charge is 2.47. The Bertz CT molecular complexity index is 1620. The molecule has 0 N–H and O–H groups in total. The Morgan fingerprint density at radius 3 is 1.89 bits per heavy atom. The van der Waals surface area contributed by atoms with Crippen LogP contribution in [0, 0.1) is 18.2 Å². The average Bonchev–Trinajstić information content (AvgIpc) is 3.90. The molecule has 2 aromatic heterocycles. The maximum Gasteiger partial charge on any atom is 0.476 e. The van der Waals surface area contributed by atoms with Gasteiger partial charge in [-0.1, -0.05) is 97.0 Å².